The number of hydrogen-bond donors (Lipinski definition) is 0. The van der Waals surface area contributed by atoms with Crippen LogP contribution < -0.4 is 4.74 Å². The fraction of sp³-hybridized carbons (Fsp3) is 0.571. The third kappa shape index (κ3) is 3.53. The summed E-state index contributed by atoms with van der Waals surface area (Å²) < 4.78 is 10.9. The first-order valence-electron chi connectivity index (χ1n) is 6.10. The summed E-state index contributed by atoms with van der Waals surface area (Å²) in [6, 6.07) is 8.25. The van der Waals surface area contributed by atoms with Crippen LogP contribution in [0.4, 0.5) is 0 Å². The van der Waals surface area contributed by atoms with E-state index < -0.39 is 0 Å². The van der Waals surface area contributed by atoms with Crippen LogP contribution in [0, 0.1) is 5.92 Å². The molecule has 16 heavy (non-hydrogen) atoms. The van der Waals surface area contributed by atoms with Crippen molar-refractivity contribution in [3.05, 3.63) is 29.8 Å². The summed E-state index contributed by atoms with van der Waals surface area (Å²) in [4.78, 5) is 0. The van der Waals surface area contributed by atoms with Crippen LogP contribution in [0.25, 0.3) is 0 Å². The summed E-state index contributed by atoms with van der Waals surface area (Å²) in [6.07, 6.45) is 2.70. The molecule has 1 heterocycles. The van der Waals surface area contributed by atoms with E-state index in [0.29, 0.717) is 6.10 Å². The Morgan fingerprint density at radius 2 is 2.00 bits per heavy atom. The van der Waals surface area contributed by atoms with Crippen LogP contribution in [0.3, 0.4) is 0 Å². The van der Waals surface area contributed by atoms with Crippen LogP contribution in [0.2, 0.25) is 0 Å². The lowest BCUT2D eigenvalue weighted by Gasteiger charge is -2.07. The predicted molar refractivity (Wildman–Crippen MR) is 64.7 cm³/mol. The Labute approximate surface area is 97.6 Å². The van der Waals surface area contributed by atoms with Crippen molar-refractivity contribution >= 4 is 0 Å². The summed E-state index contributed by atoms with van der Waals surface area (Å²) in [5.41, 5.74) is 1.26. The molecular weight excluding hydrogens is 200 g/mol. The fourth-order valence-electron chi connectivity index (χ4n) is 1.70. The highest BCUT2D eigenvalue weighted by Gasteiger charge is 2.24. The minimum atomic E-state index is 0.343. The minimum Gasteiger partial charge on any atom is -0.494 e. The summed E-state index contributed by atoms with van der Waals surface area (Å²) in [6.45, 7) is 6.17. The highest BCUT2D eigenvalue weighted by Crippen LogP contribution is 2.30. The molecule has 0 aliphatic carbocycles. The third-order valence-electron chi connectivity index (χ3n) is 2.78. The Hall–Kier alpha value is -1.02. The van der Waals surface area contributed by atoms with Gasteiger partial charge in [-0.2, -0.15) is 0 Å². The van der Waals surface area contributed by atoms with Crippen molar-refractivity contribution < 1.29 is 9.47 Å². The summed E-state index contributed by atoms with van der Waals surface area (Å²) >= 11 is 0. The molecule has 0 aromatic heterocycles. The predicted octanol–water partition coefficient (Wildman–Crippen LogP) is 3.57. The second kappa shape index (κ2) is 5.35. The zero-order chi connectivity index (χ0) is 11.4. The molecule has 0 amide bonds. The van der Waals surface area contributed by atoms with E-state index in [2.05, 4.69) is 26.0 Å². The molecule has 2 heteroatoms. The summed E-state index contributed by atoms with van der Waals surface area (Å²) in [5.74, 6) is 1.73. The van der Waals surface area contributed by atoms with Gasteiger partial charge in [-0.05, 0) is 36.5 Å². The van der Waals surface area contributed by atoms with Crippen molar-refractivity contribution in [2.45, 2.75) is 32.8 Å². The van der Waals surface area contributed by atoms with Gasteiger partial charge in [0.2, 0.25) is 0 Å². The van der Waals surface area contributed by atoms with Crippen LogP contribution in [-0.4, -0.2) is 13.2 Å². The second-order valence-electron chi connectivity index (χ2n) is 4.78. The van der Waals surface area contributed by atoms with E-state index in [1.807, 2.05) is 12.1 Å². The molecule has 0 N–H and O–H groups in total. The van der Waals surface area contributed by atoms with Crippen LogP contribution >= 0.6 is 0 Å². The number of hydrogen-bond acceptors (Lipinski definition) is 2. The molecule has 1 atom stereocenters. The fourth-order valence-corrected chi connectivity index (χ4v) is 1.70. The maximum absolute atomic E-state index is 5.67. The highest BCUT2D eigenvalue weighted by atomic mass is 16.6. The van der Waals surface area contributed by atoms with Crippen LogP contribution in [0.15, 0.2) is 24.3 Å². The van der Waals surface area contributed by atoms with Crippen LogP contribution in [-0.2, 0) is 4.74 Å². The van der Waals surface area contributed by atoms with Crippen molar-refractivity contribution in [3.8, 4) is 5.75 Å². The Morgan fingerprint density at radius 3 is 2.56 bits per heavy atom. The average Bonchev–Trinajstić information content (AvgIpc) is 3.09. The standard InChI is InChI=1S/C14H20O2/c1-11(2)4-3-9-15-13-7-5-12(6-8-13)14-10-16-14/h5-8,11,14H,3-4,9-10H2,1-2H3. The van der Waals surface area contributed by atoms with Crippen LogP contribution in [0.5, 0.6) is 5.75 Å². The van der Waals surface area contributed by atoms with Gasteiger partial charge in [-0.25, -0.2) is 0 Å². The molecule has 1 unspecified atom stereocenters. The van der Waals surface area contributed by atoms with Crippen molar-refractivity contribution in [1.29, 1.82) is 0 Å². The molecule has 0 radical (unpaired) electrons. The minimum absolute atomic E-state index is 0.343. The molecule has 1 aromatic rings. The molecule has 1 aromatic carbocycles. The molecule has 1 aliphatic rings. The Morgan fingerprint density at radius 1 is 1.31 bits per heavy atom. The van der Waals surface area contributed by atoms with Crippen LogP contribution in [0.1, 0.15) is 38.4 Å². The molecule has 0 bridgehead atoms. The average molecular weight is 220 g/mol. The van der Waals surface area contributed by atoms with Gasteiger partial charge in [0.05, 0.1) is 13.2 Å². The lowest BCUT2D eigenvalue weighted by molar-refractivity contribution is 0.297. The Balaban J connectivity index is 1.72. The summed E-state index contributed by atoms with van der Waals surface area (Å²) in [5, 5.41) is 0. The monoisotopic (exact) mass is 220 g/mol. The quantitative estimate of drug-likeness (QED) is 0.540. The van der Waals surface area contributed by atoms with Crippen molar-refractivity contribution in [2.24, 2.45) is 5.92 Å². The molecule has 1 aliphatic heterocycles. The second-order valence-corrected chi connectivity index (χ2v) is 4.78. The zero-order valence-corrected chi connectivity index (χ0v) is 10.1. The molecule has 1 fully saturated rings. The molecule has 1 saturated heterocycles. The van der Waals surface area contributed by atoms with Gasteiger partial charge < -0.3 is 9.47 Å². The number of benzene rings is 1. The first kappa shape index (κ1) is 11.5. The number of rotatable bonds is 6. The Kier molecular flexibility index (Phi) is 3.83. The van der Waals surface area contributed by atoms with E-state index in [1.54, 1.807) is 0 Å². The van der Waals surface area contributed by atoms with Gasteiger partial charge in [-0.3, -0.25) is 0 Å². The molecule has 88 valence electrons. The highest BCUT2D eigenvalue weighted by molar-refractivity contribution is 5.29. The lowest BCUT2D eigenvalue weighted by atomic mass is 10.1. The topological polar surface area (TPSA) is 21.8 Å². The first-order chi connectivity index (χ1) is 7.75. The normalized spacial score (nSPS) is 18.8. The zero-order valence-electron chi connectivity index (χ0n) is 10.1. The van der Waals surface area contributed by atoms with E-state index >= 15 is 0 Å². The number of epoxide rings is 1. The van der Waals surface area contributed by atoms with E-state index in [1.165, 1.54) is 12.0 Å². The van der Waals surface area contributed by atoms with Crippen molar-refractivity contribution in [1.82, 2.24) is 0 Å². The van der Waals surface area contributed by atoms with Gasteiger partial charge in [0, 0.05) is 0 Å². The maximum atomic E-state index is 5.67. The van der Waals surface area contributed by atoms with Gasteiger partial charge in [0.25, 0.3) is 0 Å². The first-order valence-corrected chi connectivity index (χ1v) is 6.10. The Bertz CT molecular complexity index is 312. The van der Waals surface area contributed by atoms with Gasteiger partial charge >= 0.3 is 0 Å². The molecule has 0 spiro atoms. The van der Waals surface area contributed by atoms with Gasteiger partial charge in [0.1, 0.15) is 11.9 Å². The van der Waals surface area contributed by atoms with Gasteiger partial charge in [-0.15, -0.1) is 0 Å². The molecule has 0 saturated carbocycles. The van der Waals surface area contributed by atoms with Crippen molar-refractivity contribution in [2.75, 3.05) is 13.2 Å². The van der Waals surface area contributed by atoms with E-state index in [-0.39, 0.29) is 0 Å². The van der Waals surface area contributed by atoms with E-state index in [0.717, 1.165) is 31.3 Å². The van der Waals surface area contributed by atoms with Crippen molar-refractivity contribution in [3.63, 3.8) is 0 Å². The number of ether oxygens (including phenoxy) is 2. The molecule has 2 nitrogen and oxygen atoms in total. The lowest BCUT2D eigenvalue weighted by Crippen LogP contribution is -1.99. The third-order valence-corrected chi connectivity index (χ3v) is 2.78. The van der Waals surface area contributed by atoms with Gasteiger partial charge in [-0.1, -0.05) is 26.0 Å². The van der Waals surface area contributed by atoms with Gasteiger partial charge in [0.15, 0.2) is 0 Å². The smallest absolute Gasteiger partial charge is 0.119 e. The SMILES string of the molecule is CC(C)CCCOc1ccc(C2CO2)cc1. The molecular formula is C14H20O2. The maximum Gasteiger partial charge on any atom is 0.119 e. The van der Waals surface area contributed by atoms with E-state index in [9.17, 15) is 0 Å². The van der Waals surface area contributed by atoms with E-state index in [4.69, 9.17) is 9.47 Å². The molecule has 2 rings (SSSR count). The summed E-state index contributed by atoms with van der Waals surface area (Å²) in [7, 11) is 0. The largest absolute Gasteiger partial charge is 0.494 e.